The predicted molar refractivity (Wildman–Crippen MR) is 132 cm³/mol. The standard InChI is InChI=1S/C29H34O7/c1-14(2)17-6-7-19(30)23-18(17)11-15-10-16-12-20(31)24(21(32)13-28(3)8-4-5-9-28)27(35)29(16,36)26(34)22(15)25(23)33/h6-7,14-16,30,33,35-36H,4-5,8-13H2,1-3H3/t15-,16+,29+/m1/s1. The van der Waals surface area contributed by atoms with Crippen LogP contribution in [0.25, 0.3) is 5.76 Å². The molecule has 0 saturated heterocycles. The first-order valence-electron chi connectivity index (χ1n) is 12.9. The smallest absolute Gasteiger partial charge is 0.202 e. The van der Waals surface area contributed by atoms with Crippen LogP contribution in [0.4, 0.5) is 0 Å². The van der Waals surface area contributed by atoms with Gasteiger partial charge in [0.15, 0.2) is 17.2 Å². The number of rotatable bonds is 4. The summed E-state index contributed by atoms with van der Waals surface area (Å²) in [5, 5.41) is 44.6. The molecule has 3 atom stereocenters. The van der Waals surface area contributed by atoms with Gasteiger partial charge in [0.25, 0.3) is 0 Å². The monoisotopic (exact) mass is 494 g/mol. The number of ketones is 3. The number of hydrogen-bond acceptors (Lipinski definition) is 7. The van der Waals surface area contributed by atoms with E-state index in [0.717, 1.165) is 36.8 Å². The summed E-state index contributed by atoms with van der Waals surface area (Å²) in [7, 11) is 0. The summed E-state index contributed by atoms with van der Waals surface area (Å²) in [4.78, 5) is 40.1. The fourth-order valence-electron chi connectivity index (χ4n) is 7.10. The number of benzene rings is 1. The Hall–Kier alpha value is -2.93. The Kier molecular flexibility index (Phi) is 5.71. The van der Waals surface area contributed by atoms with Crippen molar-refractivity contribution in [3.8, 4) is 5.75 Å². The lowest BCUT2D eigenvalue weighted by atomic mass is 9.58. The molecule has 2 fully saturated rings. The van der Waals surface area contributed by atoms with Gasteiger partial charge >= 0.3 is 0 Å². The highest BCUT2D eigenvalue weighted by Gasteiger charge is 2.60. The molecule has 4 aliphatic carbocycles. The zero-order valence-corrected chi connectivity index (χ0v) is 21.1. The van der Waals surface area contributed by atoms with Crippen molar-refractivity contribution in [1.82, 2.24) is 0 Å². The van der Waals surface area contributed by atoms with E-state index < -0.39 is 51.9 Å². The number of carbonyl (C=O) groups excluding carboxylic acids is 3. The average Bonchev–Trinajstić information content (AvgIpc) is 3.21. The largest absolute Gasteiger partial charge is 0.508 e. The fraction of sp³-hybridized carbons (Fsp3) is 0.552. The number of aliphatic hydroxyl groups is 3. The number of allylic oxidation sites excluding steroid dienone is 1. The van der Waals surface area contributed by atoms with Crippen molar-refractivity contribution >= 4 is 23.1 Å². The molecule has 0 radical (unpaired) electrons. The van der Waals surface area contributed by atoms with Crippen molar-refractivity contribution in [2.75, 3.05) is 0 Å². The second kappa shape index (κ2) is 8.30. The van der Waals surface area contributed by atoms with E-state index >= 15 is 0 Å². The number of Topliss-reactive ketones (excluding diaryl/α,β-unsaturated/α-hetero) is 3. The third-order valence-corrected chi connectivity index (χ3v) is 9.04. The molecule has 0 spiro atoms. The first-order valence-corrected chi connectivity index (χ1v) is 12.9. The highest BCUT2D eigenvalue weighted by atomic mass is 16.3. The van der Waals surface area contributed by atoms with Gasteiger partial charge in [-0.05, 0) is 60.1 Å². The number of phenols is 1. The Morgan fingerprint density at radius 1 is 1.08 bits per heavy atom. The van der Waals surface area contributed by atoms with E-state index in [-0.39, 0.29) is 47.5 Å². The van der Waals surface area contributed by atoms with Crippen LogP contribution in [0.1, 0.15) is 88.3 Å². The van der Waals surface area contributed by atoms with Crippen molar-refractivity contribution in [2.45, 2.75) is 83.7 Å². The Bertz CT molecular complexity index is 1240. The number of aliphatic hydroxyl groups excluding tert-OH is 2. The lowest BCUT2D eigenvalue weighted by Gasteiger charge is -2.46. The van der Waals surface area contributed by atoms with E-state index in [0.29, 0.717) is 6.42 Å². The molecule has 1 aromatic rings. The highest BCUT2D eigenvalue weighted by Crippen LogP contribution is 2.53. The number of fused-ring (bicyclic) bond motifs is 3. The zero-order valence-electron chi connectivity index (χ0n) is 21.1. The summed E-state index contributed by atoms with van der Waals surface area (Å²) in [6.45, 7) is 5.98. The van der Waals surface area contributed by atoms with Gasteiger partial charge in [-0.15, -0.1) is 0 Å². The molecule has 2 saturated carbocycles. The number of carbonyl (C=O) groups is 3. The molecular weight excluding hydrogens is 460 g/mol. The normalized spacial score (nSPS) is 29.4. The minimum Gasteiger partial charge on any atom is -0.508 e. The Morgan fingerprint density at radius 3 is 2.39 bits per heavy atom. The van der Waals surface area contributed by atoms with Gasteiger partial charge in [-0.25, -0.2) is 0 Å². The maximum atomic E-state index is 13.8. The molecule has 1 aromatic carbocycles. The second-order valence-corrected chi connectivity index (χ2v) is 11.8. The fourth-order valence-corrected chi connectivity index (χ4v) is 7.10. The van der Waals surface area contributed by atoms with Crippen LogP contribution in [0.15, 0.2) is 29.0 Å². The van der Waals surface area contributed by atoms with E-state index in [9.17, 15) is 34.8 Å². The van der Waals surface area contributed by atoms with Crippen molar-refractivity contribution in [2.24, 2.45) is 17.3 Å². The summed E-state index contributed by atoms with van der Waals surface area (Å²) >= 11 is 0. The van der Waals surface area contributed by atoms with Gasteiger partial charge < -0.3 is 20.4 Å². The number of hydrogen-bond donors (Lipinski definition) is 4. The summed E-state index contributed by atoms with van der Waals surface area (Å²) in [6.07, 6.45) is 4.07. The molecular formula is C29H34O7. The van der Waals surface area contributed by atoms with Gasteiger partial charge in [0, 0.05) is 24.3 Å². The van der Waals surface area contributed by atoms with Gasteiger partial charge in [0.2, 0.25) is 5.78 Å². The third-order valence-electron chi connectivity index (χ3n) is 9.04. The van der Waals surface area contributed by atoms with E-state index in [1.54, 1.807) is 6.07 Å². The van der Waals surface area contributed by atoms with Gasteiger partial charge in [0.05, 0.1) is 5.56 Å². The van der Waals surface area contributed by atoms with Crippen LogP contribution in [-0.2, 0) is 20.8 Å². The first-order chi connectivity index (χ1) is 16.9. The van der Waals surface area contributed by atoms with Crippen LogP contribution in [0.5, 0.6) is 5.75 Å². The lowest BCUT2D eigenvalue weighted by Crippen LogP contribution is -2.58. The SMILES string of the molecule is CC(C)c1ccc(O)c2c1C[C@H]1C[C@H]3CC(=O)C(C(=O)CC4(C)CCCC4)=C(O)[C@@]3(O)C(=O)C1=C2O. The Balaban J connectivity index is 1.60. The topological polar surface area (TPSA) is 132 Å². The minimum absolute atomic E-state index is 0.0621. The van der Waals surface area contributed by atoms with Gasteiger partial charge in [-0.2, -0.15) is 0 Å². The van der Waals surface area contributed by atoms with Crippen LogP contribution < -0.4 is 0 Å². The van der Waals surface area contributed by atoms with Gasteiger partial charge in [0.1, 0.15) is 22.8 Å². The van der Waals surface area contributed by atoms with Gasteiger partial charge in [-0.1, -0.05) is 39.7 Å². The minimum atomic E-state index is -2.46. The molecule has 36 heavy (non-hydrogen) atoms. The molecule has 0 aliphatic heterocycles. The van der Waals surface area contributed by atoms with Crippen molar-refractivity contribution in [3.63, 3.8) is 0 Å². The molecule has 7 heteroatoms. The third kappa shape index (κ3) is 3.46. The van der Waals surface area contributed by atoms with E-state index in [1.165, 1.54) is 6.07 Å². The highest BCUT2D eigenvalue weighted by molar-refractivity contribution is 6.24. The van der Waals surface area contributed by atoms with Crippen LogP contribution >= 0.6 is 0 Å². The molecule has 0 amide bonds. The Morgan fingerprint density at radius 2 is 1.75 bits per heavy atom. The zero-order chi connectivity index (χ0) is 26.2. The molecule has 5 rings (SSSR count). The number of aromatic hydroxyl groups is 1. The maximum Gasteiger partial charge on any atom is 0.202 e. The van der Waals surface area contributed by atoms with E-state index in [1.807, 2.05) is 20.8 Å². The molecule has 7 nitrogen and oxygen atoms in total. The molecule has 0 heterocycles. The predicted octanol–water partition coefficient (Wildman–Crippen LogP) is 4.60. The first kappa shape index (κ1) is 24.8. The van der Waals surface area contributed by atoms with Crippen LogP contribution in [0.3, 0.4) is 0 Å². The van der Waals surface area contributed by atoms with Crippen molar-refractivity contribution in [1.29, 1.82) is 0 Å². The molecule has 4 aliphatic rings. The summed E-state index contributed by atoms with van der Waals surface area (Å²) in [6, 6.07) is 3.28. The average molecular weight is 495 g/mol. The van der Waals surface area contributed by atoms with Crippen LogP contribution in [-0.4, -0.2) is 43.4 Å². The molecule has 0 aromatic heterocycles. The molecule has 0 bridgehead atoms. The van der Waals surface area contributed by atoms with Gasteiger partial charge in [-0.3, -0.25) is 14.4 Å². The van der Waals surface area contributed by atoms with E-state index in [4.69, 9.17) is 0 Å². The summed E-state index contributed by atoms with van der Waals surface area (Å²) in [5.74, 6) is -4.72. The maximum absolute atomic E-state index is 13.8. The van der Waals surface area contributed by atoms with E-state index in [2.05, 4.69) is 0 Å². The van der Waals surface area contributed by atoms with Crippen molar-refractivity contribution < 1.29 is 34.8 Å². The Labute approximate surface area is 210 Å². The molecule has 192 valence electrons. The quantitative estimate of drug-likeness (QED) is 0.450. The summed E-state index contributed by atoms with van der Waals surface area (Å²) in [5.41, 5.74) is -1.41. The van der Waals surface area contributed by atoms with Crippen LogP contribution in [0, 0.1) is 17.3 Å². The second-order valence-electron chi connectivity index (χ2n) is 11.8. The molecule has 0 unspecified atom stereocenters. The van der Waals surface area contributed by atoms with Crippen molar-refractivity contribution in [3.05, 3.63) is 45.7 Å². The van der Waals surface area contributed by atoms with Crippen LogP contribution in [0.2, 0.25) is 0 Å². The lowest BCUT2D eigenvalue weighted by molar-refractivity contribution is -0.147. The number of phenolic OH excluding ortho intramolecular Hbond substituents is 1. The summed E-state index contributed by atoms with van der Waals surface area (Å²) < 4.78 is 0. The molecule has 4 N–H and O–H groups in total.